The van der Waals surface area contributed by atoms with E-state index in [1.807, 2.05) is 24.3 Å². The number of hydrogen-bond donors (Lipinski definition) is 1. The zero-order valence-electron chi connectivity index (χ0n) is 10.6. The summed E-state index contributed by atoms with van der Waals surface area (Å²) in [6, 6.07) is 7.34. The second kappa shape index (κ2) is 5.64. The Labute approximate surface area is 106 Å². The van der Waals surface area contributed by atoms with Crippen LogP contribution in [0.2, 0.25) is 0 Å². The Morgan fingerprint density at radius 2 is 2.17 bits per heavy atom. The summed E-state index contributed by atoms with van der Waals surface area (Å²) in [5, 5.41) is 3.95. The van der Waals surface area contributed by atoms with Crippen LogP contribution < -0.4 is 10.5 Å². The molecule has 5 nitrogen and oxygen atoms in total. The van der Waals surface area contributed by atoms with E-state index in [-0.39, 0.29) is 6.04 Å². The van der Waals surface area contributed by atoms with E-state index >= 15 is 0 Å². The van der Waals surface area contributed by atoms with Crippen molar-refractivity contribution in [2.75, 3.05) is 7.11 Å². The molecule has 2 aromatic rings. The van der Waals surface area contributed by atoms with Gasteiger partial charge in [0.05, 0.1) is 18.7 Å². The van der Waals surface area contributed by atoms with E-state index in [0.717, 1.165) is 18.4 Å². The molecule has 0 bridgehead atoms. The van der Waals surface area contributed by atoms with E-state index in [1.54, 1.807) is 7.11 Å². The monoisotopic (exact) mass is 247 g/mol. The molecule has 2 N–H and O–H groups in total. The smallest absolute Gasteiger partial charge is 0.243 e. The van der Waals surface area contributed by atoms with Gasteiger partial charge in [-0.2, -0.15) is 4.98 Å². The molecule has 0 aliphatic carbocycles. The lowest BCUT2D eigenvalue weighted by molar-refractivity contribution is 0.348. The molecule has 0 saturated heterocycles. The Morgan fingerprint density at radius 3 is 2.89 bits per heavy atom. The molecule has 18 heavy (non-hydrogen) atoms. The zero-order valence-corrected chi connectivity index (χ0v) is 10.6. The van der Waals surface area contributed by atoms with Crippen molar-refractivity contribution in [1.29, 1.82) is 0 Å². The normalized spacial score (nSPS) is 12.4. The molecular formula is C13H17N3O2. The van der Waals surface area contributed by atoms with Crippen LogP contribution in [-0.2, 0) is 0 Å². The molecule has 0 spiro atoms. The molecule has 0 fully saturated rings. The fourth-order valence-electron chi connectivity index (χ4n) is 1.76. The number of methoxy groups -OCH3 is 1. The molecule has 1 aromatic carbocycles. The maximum Gasteiger partial charge on any atom is 0.243 e. The van der Waals surface area contributed by atoms with Crippen LogP contribution in [0.3, 0.4) is 0 Å². The molecule has 0 aliphatic rings. The van der Waals surface area contributed by atoms with E-state index in [2.05, 4.69) is 17.1 Å². The highest BCUT2D eigenvalue weighted by atomic mass is 16.5. The number of ether oxygens (including phenoxy) is 1. The first-order valence-corrected chi connectivity index (χ1v) is 5.98. The summed E-state index contributed by atoms with van der Waals surface area (Å²) >= 11 is 0. The van der Waals surface area contributed by atoms with Gasteiger partial charge in [0, 0.05) is 0 Å². The summed E-state index contributed by atoms with van der Waals surface area (Å²) in [5.41, 5.74) is 6.74. The van der Waals surface area contributed by atoms with Gasteiger partial charge in [0.25, 0.3) is 0 Å². The van der Waals surface area contributed by atoms with Gasteiger partial charge < -0.3 is 15.0 Å². The van der Waals surface area contributed by atoms with Crippen LogP contribution in [0.15, 0.2) is 28.8 Å². The van der Waals surface area contributed by atoms with Crippen LogP contribution in [-0.4, -0.2) is 17.3 Å². The van der Waals surface area contributed by atoms with Crippen molar-refractivity contribution in [2.24, 2.45) is 5.73 Å². The third kappa shape index (κ3) is 2.51. The highest BCUT2D eigenvalue weighted by Crippen LogP contribution is 2.28. The van der Waals surface area contributed by atoms with Crippen molar-refractivity contribution in [3.05, 3.63) is 30.2 Å². The topological polar surface area (TPSA) is 74.2 Å². The molecule has 0 radical (unpaired) electrons. The number of nitrogens with zero attached hydrogens (tertiary/aromatic N) is 2. The van der Waals surface area contributed by atoms with E-state index in [1.165, 1.54) is 0 Å². The summed E-state index contributed by atoms with van der Waals surface area (Å²) in [4.78, 5) is 4.32. The molecule has 1 atom stereocenters. The second-order valence-corrected chi connectivity index (χ2v) is 4.05. The van der Waals surface area contributed by atoms with Gasteiger partial charge in [-0.3, -0.25) is 0 Å². The third-order valence-corrected chi connectivity index (χ3v) is 2.71. The highest BCUT2D eigenvalue weighted by Gasteiger charge is 2.16. The van der Waals surface area contributed by atoms with Crippen LogP contribution in [0.25, 0.3) is 11.4 Å². The number of benzene rings is 1. The number of hydrogen-bond acceptors (Lipinski definition) is 5. The first-order chi connectivity index (χ1) is 8.76. The first kappa shape index (κ1) is 12.6. The number of nitrogens with two attached hydrogens (primary N) is 1. The summed E-state index contributed by atoms with van der Waals surface area (Å²) in [5.74, 6) is 1.70. The quantitative estimate of drug-likeness (QED) is 0.878. The predicted molar refractivity (Wildman–Crippen MR) is 68.1 cm³/mol. The summed E-state index contributed by atoms with van der Waals surface area (Å²) < 4.78 is 10.5. The van der Waals surface area contributed by atoms with Crippen LogP contribution >= 0.6 is 0 Å². The predicted octanol–water partition coefficient (Wildman–Crippen LogP) is 2.55. The average molecular weight is 247 g/mol. The van der Waals surface area contributed by atoms with Gasteiger partial charge in [-0.05, 0) is 18.6 Å². The minimum absolute atomic E-state index is 0.203. The van der Waals surface area contributed by atoms with Crippen LogP contribution in [0, 0.1) is 0 Å². The van der Waals surface area contributed by atoms with E-state index < -0.39 is 0 Å². The molecule has 1 aromatic heterocycles. The third-order valence-electron chi connectivity index (χ3n) is 2.71. The van der Waals surface area contributed by atoms with E-state index in [0.29, 0.717) is 17.5 Å². The second-order valence-electron chi connectivity index (χ2n) is 4.05. The largest absolute Gasteiger partial charge is 0.496 e. The van der Waals surface area contributed by atoms with Crippen molar-refractivity contribution in [1.82, 2.24) is 10.1 Å². The van der Waals surface area contributed by atoms with Gasteiger partial charge in [0.1, 0.15) is 5.75 Å². The zero-order chi connectivity index (χ0) is 13.0. The van der Waals surface area contributed by atoms with Gasteiger partial charge in [-0.25, -0.2) is 0 Å². The lowest BCUT2D eigenvalue weighted by Gasteiger charge is -2.04. The molecule has 0 saturated carbocycles. The minimum atomic E-state index is -0.203. The number of rotatable bonds is 5. The van der Waals surface area contributed by atoms with Crippen molar-refractivity contribution in [3.8, 4) is 17.1 Å². The minimum Gasteiger partial charge on any atom is -0.496 e. The Morgan fingerprint density at radius 1 is 1.39 bits per heavy atom. The molecule has 96 valence electrons. The van der Waals surface area contributed by atoms with Crippen LogP contribution in [0.4, 0.5) is 0 Å². The SMILES string of the molecule is CCC[C@@H](N)c1nc(-c2ccccc2OC)no1. The van der Waals surface area contributed by atoms with Gasteiger partial charge in [0.2, 0.25) is 11.7 Å². The van der Waals surface area contributed by atoms with Crippen molar-refractivity contribution >= 4 is 0 Å². The maximum atomic E-state index is 5.94. The van der Waals surface area contributed by atoms with Gasteiger partial charge in [0.15, 0.2) is 0 Å². The summed E-state index contributed by atoms with van der Waals surface area (Å²) in [6.07, 6.45) is 1.81. The first-order valence-electron chi connectivity index (χ1n) is 5.98. The molecule has 1 heterocycles. The van der Waals surface area contributed by atoms with Crippen molar-refractivity contribution < 1.29 is 9.26 Å². The Balaban J connectivity index is 2.29. The number of aromatic nitrogens is 2. The molecule has 5 heteroatoms. The fraction of sp³-hybridized carbons (Fsp3) is 0.385. The van der Waals surface area contributed by atoms with Crippen LogP contribution in [0.1, 0.15) is 31.7 Å². The molecular weight excluding hydrogens is 230 g/mol. The summed E-state index contributed by atoms with van der Waals surface area (Å²) in [6.45, 7) is 2.07. The molecule has 2 rings (SSSR count). The van der Waals surface area contributed by atoms with Crippen molar-refractivity contribution in [2.45, 2.75) is 25.8 Å². The summed E-state index contributed by atoms with van der Waals surface area (Å²) in [7, 11) is 1.61. The molecule has 0 unspecified atom stereocenters. The van der Waals surface area contributed by atoms with Crippen LogP contribution in [0.5, 0.6) is 5.75 Å². The Hall–Kier alpha value is -1.88. The van der Waals surface area contributed by atoms with Gasteiger partial charge in [-0.1, -0.05) is 30.6 Å². The average Bonchev–Trinajstić information content (AvgIpc) is 2.88. The number of para-hydroxylation sites is 1. The van der Waals surface area contributed by atoms with Gasteiger partial charge in [-0.15, -0.1) is 0 Å². The highest BCUT2D eigenvalue weighted by molar-refractivity contribution is 5.63. The fourth-order valence-corrected chi connectivity index (χ4v) is 1.76. The van der Waals surface area contributed by atoms with E-state index in [9.17, 15) is 0 Å². The van der Waals surface area contributed by atoms with Gasteiger partial charge >= 0.3 is 0 Å². The van der Waals surface area contributed by atoms with Crippen molar-refractivity contribution in [3.63, 3.8) is 0 Å². The Kier molecular flexibility index (Phi) is 3.94. The lowest BCUT2D eigenvalue weighted by Crippen LogP contribution is -2.09. The molecule has 0 aliphatic heterocycles. The standard InChI is InChI=1S/C13H17N3O2/c1-3-6-10(14)13-15-12(16-18-13)9-7-4-5-8-11(9)17-2/h4-5,7-8,10H,3,6,14H2,1-2H3/t10-/m1/s1. The maximum absolute atomic E-state index is 5.94. The Bertz CT molecular complexity index is 510. The van der Waals surface area contributed by atoms with E-state index in [4.69, 9.17) is 15.0 Å². The molecule has 0 amide bonds. The lowest BCUT2D eigenvalue weighted by atomic mass is 10.1.